The SMILES string of the molecule is CN=C(NCC1Cc2ccccc21)N1CCC(C)(C)C1. The molecule has 1 aliphatic carbocycles. The van der Waals surface area contributed by atoms with Crippen LogP contribution in [0.4, 0.5) is 0 Å². The van der Waals surface area contributed by atoms with Gasteiger partial charge in [0, 0.05) is 32.6 Å². The van der Waals surface area contributed by atoms with Gasteiger partial charge >= 0.3 is 0 Å². The zero-order valence-corrected chi connectivity index (χ0v) is 12.8. The summed E-state index contributed by atoms with van der Waals surface area (Å²) in [5.41, 5.74) is 3.44. The minimum Gasteiger partial charge on any atom is -0.356 e. The number of fused-ring (bicyclic) bond motifs is 1. The molecule has 3 heteroatoms. The van der Waals surface area contributed by atoms with Crippen LogP contribution in [0.15, 0.2) is 29.3 Å². The van der Waals surface area contributed by atoms with Crippen LogP contribution in [0.1, 0.15) is 37.3 Å². The van der Waals surface area contributed by atoms with E-state index in [0.717, 1.165) is 25.6 Å². The van der Waals surface area contributed by atoms with E-state index >= 15 is 0 Å². The number of likely N-dealkylation sites (tertiary alicyclic amines) is 1. The van der Waals surface area contributed by atoms with E-state index in [1.807, 2.05) is 7.05 Å². The summed E-state index contributed by atoms with van der Waals surface area (Å²) >= 11 is 0. The molecule has 3 rings (SSSR count). The molecule has 0 radical (unpaired) electrons. The molecule has 1 atom stereocenters. The number of hydrogen-bond donors (Lipinski definition) is 1. The monoisotopic (exact) mass is 271 g/mol. The molecule has 1 aromatic rings. The van der Waals surface area contributed by atoms with Gasteiger partial charge in [0.2, 0.25) is 0 Å². The Morgan fingerprint density at radius 2 is 2.20 bits per heavy atom. The molecule has 108 valence electrons. The van der Waals surface area contributed by atoms with Crippen LogP contribution in [0.25, 0.3) is 0 Å². The smallest absolute Gasteiger partial charge is 0.193 e. The van der Waals surface area contributed by atoms with Crippen LogP contribution in [0, 0.1) is 5.41 Å². The minimum absolute atomic E-state index is 0.417. The number of hydrogen-bond acceptors (Lipinski definition) is 1. The van der Waals surface area contributed by atoms with Gasteiger partial charge in [-0.3, -0.25) is 4.99 Å². The lowest BCUT2D eigenvalue weighted by Gasteiger charge is -2.32. The number of nitrogens with zero attached hydrogens (tertiary/aromatic N) is 2. The molecule has 1 fully saturated rings. The van der Waals surface area contributed by atoms with E-state index in [-0.39, 0.29) is 0 Å². The van der Waals surface area contributed by atoms with E-state index in [1.165, 1.54) is 24.0 Å². The van der Waals surface area contributed by atoms with Crippen LogP contribution in [0.2, 0.25) is 0 Å². The Morgan fingerprint density at radius 1 is 1.40 bits per heavy atom. The molecule has 0 saturated carbocycles. The second-order valence-electron chi connectivity index (χ2n) is 6.86. The lowest BCUT2D eigenvalue weighted by molar-refractivity contribution is 0.369. The van der Waals surface area contributed by atoms with Gasteiger partial charge in [-0.25, -0.2) is 0 Å². The standard InChI is InChI=1S/C17H25N3/c1-17(2)8-9-20(12-17)16(18-3)19-11-14-10-13-6-4-5-7-15(13)14/h4-7,14H,8-12H2,1-3H3,(H,18,19). The van der Waals surface area contributed by atoms with Crippen LogP contribution < -0.4 is 5.32 Å². The van der Waals surface area contributed by atoms with Crippen LogP contribution in [0.3, 0.4) is 0 Å². The highest BCUT2D eigenvalue weighted by atomic mass is 15.3. The van der Waals surface area contributed by atoms with Crippen molar-refractivity contribution in [3.8, 4) is 0 Å². The highest BCUT2D eigenvalue weighted by Crippen LogP contribution is 2.34. The van der Waals surface area contributed by atoms with E-state index in [2.05, 4.69) is 53.3 Å². The van der Waals surface area contributed by atoms with Crippen molar-refractivity contribution in [3.63, 3.8) is 0 Å². The second-order valence-corrected chi connectivity index (χ2v) is 6.86. The normalized spacial score (nSPS) is 24.2. The third-order valence-electron chi connectivity index (χ3n) is 4.66. The van der Waals surface area contributed by atoms with Crippen molar-refractivity contribution in [1.29, 1.82) is 0 Å². The van der Waals surface area contributed by atoms with Crippen molar-refractivity contribution in [3.05, 3.63) is 35.4 Å². The number of aliphatic imine (C=N–C) groups is 1. The maximum atomic E-state index is 4.45. The highest BCUT2D eigenvalue weighted by molar-refractivity contribution is 5.80. The summed E-state index contributed by atoms with van der Waals surface area (Å²) in [7, 11) is 1.89. The molecule has 0 bridgehead atoms. The van der Waals surface area contributed by atoms with Crippen molar-refractivity contribution in [2.45, 2.75) is 32.6 Å². The molecule has 1 unspecified atom stereocenters. The quantitative estimate of drug-likeness (QED) is 0.661. The third kappa shape index (κ3) is 2.54. The molecule has 0 amide bonds. The predicted octanol–water partition coefficient (Wildman–Crippen LogP) is 2.63. The highest BCUT2D eigenvalue weighted by Gasteiger charge is 2.31. The van der Waals surface area contributed by atoms with Gasteiger partial charge in [0.15, 0.2) is 5.96 Å². The summed E-state index contributed by atoms with van der Waals surface area (Å²) in [4.78, 5) is 6.85. The first kappa shape index (κ1) is 13.5. The molecule has 1 aromatic carbocycles. The van der Waals surface area contributed by atoms with E-state index in [1.54, 1.807) is 0 Å². The molecule has 2 aliphatic rings. The number of guanidine groups is 1. The van der Waals surface area contributed by atoms with Crippen molar-refractivity contribution < 1.29 is 0 Å². The number of benzene rings is 1. The number of rotatable bonds is 2. The lowest BCUT2D eigenvalue weighted by Crippen LogP contribution is -2.43. The molecule has 3 nitrogen and oxygen atoms in total. The summed E-state index contributed by atoms with van der Waals surface area (Å²) in [6.07, 6.45) is 2.45. The van der Waals surface area contributed by atoms with Gasteiger partial charge in [-0.2, -0.15) is 0 Å². The molecule has 1 saturated heterocycles. The fourth-order valence-electron chi connectivity index (χ4n) is 3.38. The summed E-state index contributed by atoms with van der Waals surface area (Å²) in [6.45, 7) is 7.90. The first-order valence-corrected chi connectivity index (χ1v) is 7.62. The Morgan fingerprint density at radius 3 is 2.85 bits per heavy atom. The van der Waals surface area contributed by atoms with Crippen LogP contribution in [0.5, 0.6) is 0 Å². The van der Waals surface area contributed by atoms with E-state index in [0.29, 0.717) is 11.3 Å². The molecule has 0 spiro atoms. The zero-order valence-electron chi connectivity index (χ0n) is 12.8. The molecule has 1 heterocycles. The van der Waals surface area contributed by atoms with E-state index in [9.17, 15) is 0 Å². The van der Waals surface area contributed by atoms with E-state index in [4.69, 9.17) is 0 Å². The summed E-state index contributed by atoms with van der Waals surface area (Å²) in [5.74, 6) is 1.72. The maximum Gasteiger partial charge on any atom is 0.193 e. The Balaban J connectivity index is 1.56. The zero-order chi connectivity index (χ0) is 14.2. The fourth-order valence-corrected chi connectivity index (χ4v) is 3.38. The molecule has 1 N–H and O–H groups in total. The lowest BCUT2D eigenvalue weighted by atomic mass is 9.78. The maximum absolute atomic E-state index is 4.45. The van der Waals surface area contributed by atoms with Gasteiger partial charge in [0.1, 0.15) is 0 Å². The van der Waals surface area contributed by atoms with Crippen LogP contribution in [-0.4, -0.2) is 37.5 Å². The molecule has 0 aromatic heterocycles. The Bertz CT molecular complexity index is 519. The summed E-state index contributed by atoms with van der Waals surface area (Å²) in [5, 5.41) is 3.57. The Hall–Kier alpha value is -1.51. The Labute approximate surface area is 122 Å². The van der Waals surface area contributed by atoms with Crippen molar-refractivity contribution in [1.82, 2.24) is 10.2 Å². The Kier molecular flexibility index (Phi) is 3.45. The van der Waals surface area contributed by atoms with Gasteiger partial charge in [-0.15, -0.1) is 0 Å². The molecular weight excluding hydrogens is 246 g/mol. The predicted molar refractivity (Wildman–Crippen MR) is 84.2 cm³/mol. The van der Waals surface area contributed by atoms with Gasteiger partial charge < -0.3 is 10.2 Å². The average molecular weight is 271 g/mol. The largest absolute Gasteiger partial charge is 0.356 e. The molecular formula is C17H25N3. The van der Waals surface area contributed by atoms with Crippen molar-refractivity contribution in [2.24, 2.45) is 10.4 Å². The number of nitrogens with one attached hydrogen (secondary N) is 1. The van der Waals surface area contributed by atoms with Crippen molar-refractivity contribution in [2.75, 3.05) is 26.7 Å². The first-order valence-electron chi connectivity index (χ1n) is 7.62. The fraction of sp³-hybridized carbons (Fsp3) is 0.588. The summed E-state index contributed by atoms with van der Waals surface area (Å²) in [6, 6.07) is 8.77. The van der Waals surface area contributed by atoms with Crippen molar-refractivity contribution >= 4 is 5.96 Å². The van der Waals surface area contributed by atoms with Crippen LogP contribution >= 0.6 is 0 Å². The second kappa shape index (κ2) is 5.12. The van der Waals surface area contributed by atoms with Gasteiger partial charge in [0.25, 0.3) is 0 Å². The molecule has 20 heavy (non-hydrogen) atoms. The summed E-state index contributed by atoms with van der Waals surface area (Å²) < 4.78 is 0. The molecule has 1 aliphatic heterocycles. The van der Waals surface area contributed by atoms with E-state index < -0.39 is 0 Å². The minimum atomic E-state index is 0.417. The topological polar surface area (TPSA) is 27.6 Å². The van der Waals surface area contributed by atoms with Gasteiger partial charge in [0.05, 0.1) is 0 Å². The first-order chi connectivity index (χ1) is 9.59. The average Bonchev–Trinajstić information content (AvgIpc) is 2.75. The third-order valence-corrected chi connectivity index (χ3v) is 4.66. The van der Waals surface area contributed by atoms with Gasteiger partial charge in [-0.05, 0) is 29.4 Å². The van der Waals surface area contributed by atoms with Gasteiger partial charge in [-0.1, -0.05) is 38.1 Å². The van der Waals surface area contributed by atoms with Crippen LogP contribution in [-0.2, 0) is 6.42 Å².